The van der Waals surface area contributed by atoms with Crippen molar-refractivity contribution in [2.24, 2.45) is 0 Å². The summed E-state index contributed by atoms with van der Waals surface area (Å²) < 4.78 is 1.53. The number of hydrogen-bond donors (Lipinski definition) is 2. The van der Waals surface area contributed by atoms with Crippen molar-refractivity contribution in [2.75, 3.05) is 11.5 Å². The van der Waals surface area contributed by atoms with Gasteiger partial charge < -0.3 is 5.73 Å². The van der Waals surface area contributed by atoms with Gasteiger partial charge in [-0.25, -0.2) is 4.79 Å². The molecule has 1 fully saturated rings. The average molecular weight is 255 g/mol. The first-order chi connectivity index (χ1) is 8.11. The van der Waals surface area contributed by atoms with Crippen LogP contribution in [0.15, 0.2) is 15.7 Å². The highest BCUT2D eigenvalue weighted by molar-refractivity contribution is 7.99. The summed E-state index contributed by atoms with van der Waals surface area (Å²) in [7, 11) is 0. The second-order valence-corrected chi connectivity index (χ2v) is 5.86. The van der Waals surface area contributed by atoms with Crippen LogP contribution in [0, 0.1) is 0 Å². The van der Waals surface area contributed by atoms with Gasteiger partial charge in [0.25, 0.3) is 5.56 Å². The molecule has 0 amide bonds. The largest absolute Gasteiger partial charge is 0.385 e. The number of rotatable bonds is 3. The van der Waals surface area contributed by atoms with E-state index in [1.807, 2.05) is 11.8 Å². The Balaban J connectivity index is 2.25. The van der Waals surface area contributed by atoms with Crippen molar-refractivity contribution in [3.05, 3.63) is 26.9 Å². The van der Waals surface area contributed by atoms with Gasteiger partial charge in [0.05, 0.1) is 0 Å². The molecule has 2 rings (SSSR count). The second-order valence-electron chi connectivity index (χ2n) is 4.28. The molecule has 5 nitrogen and oxygen atoms in total. The average Bonchev–Trinajstić information content (AvgIpc) is 2.65. The quantitative estimate of drug-likeness (QED) is 0.843. The molecule has 3 N–H and O–H groups in total. The summed E-state index contributed by atoms with van der Waals surface area (Å²) in [5.74, 6) is 1.36. The minimum Gasteiger partial charge on any atom is -0.385 e. The summed E-state index contributed by atoms with van der Waals surface area (Å²) in [6, 6.07) is 1.41. The lowest BCUT2D eigenvalue weighted by atomic mass is 10.2. The Morgan fingerprint density at radius 3 is 2.94 bits per heavy atom. The second kappa shape index (κ2) is 5.00. The number of aromatic amines is 1. The van der Waals surface area contributed by atoms with E-state index in [0.717, 1.165) is 25.0 Å². The van der Waals surface area contributed by atoms with Crippen LogP contribution in [0.3, 0.4) is 0 Å². The maximum atomic E-state index is 11.7. The van der Waals surface area contributed by atoms with Crippen LogP contribution in [0.25, 0.3) is 0 Å². The predicted octanol–water partition coefficient (Wildman–Crippen LogP) is 0.966. The number of anilines is 1. The summed E-state index contributed by atoms with van der Waals surface area (Å²) in [5.41, 5.74) is 4.94. The van der Waals surface area contributed by atoms with E-state index in [-0.39, 0.29) is 17.5 Å². The predicted molar refractivity (Wildman–Crippen MR) is 70.5 cm³/mol. The van der Waals surface area contributed by atoms with E-state index >= 15 is 0 Å². The van der Waals surface area contributed by atoms with Crippen LogP contribution < -0.4 is 17.0 Å². The zero-order chi connectivity index (χ0) is 12.4. The number of aromatic nitrogens is 2. The van der Waals surface area contributed by atoms with E-state index in [4.69, 9.17) is 5.73 Å². The summed E-state index contributed by atoms with van der Waals surface area (Å²) in [5, 5.41) is 0.600. The van der Waals surface area contributed by atoms with Gasteiger partial charge in [-0.3, -0.25) is 14.3 Å². The molecule has 1 heterocycles. The van der Waals surface area contributed by atoms with Crippen molar-refractivity contribution in [2.45, 2.75) is 37.5 Å². The molecule has 0 aromatic carbocycles. The number of nitrogens with two attached hydrogens (primary N) is 1. The minimum absolute atomic E-state index is 0.128. The lowest BCUT2D eigenvalue weighted by Crippen LogP contribution is -2.33. The lowest BCUT2D eigenvalue weighted by molar-refractivity contribution is 0.499. The standard InChI is InChI=1S/C11H17N3O2S/c1-2-17-8-4-3-7(5-8)14-9(12)6-10(15)13-11(14)16/h6-8H,2-5,12H2,1H3,(H,13,15,16). The lowest BCUT2D eigenvalue weighted by Gasteiger charge is -2.15. The van der Waals surface area contributed by atoms with Crippen LogP contribution in [0.4, 0.5) is 5.82 Å². The molecule has 2 unspecified atom stereocenters. The van der Waals surface area contributed by atoms with Gasteiger partial charge in [-0.2, -0.15) is 11.8 Å². The Hall–Kier alpha value is -1.17. The Morgan fingerprint density at radius 1 is 1.53 bits per heavy atom. The Morgan fingerprint density at radius 2 is 2.29 bits per heavy atom. The van der Waals surface area contributed by atoms with Crippen molar-refractivity contribution in [1.29, 1.82) is 0 Å². The van der Waals surface area contributed by atoms with Gasteiger partial charge in [0.2, 0.25) is 0 Å². The Labute approximate surface area is 103 Å². The third-order valence-corrected chi connectivity index (χ3v) is 4.36. The molecule has 1 aromatic heterocycles. The minimum atomic E-state index is -0.429. The number of nitrogens with one attached hydrogen (secondary N) is 1. The summed E-state index contributed by atoms with van der Waals surface area (Å²) in [6.45, 7) is 2.14. The molecule has 1 aliphatic carbocycles. The van der Waals surface area contributed by atoms with Crippen molar-refractivity contribution < 1.29 is 0 Å². The number of hydrogen-bond acceptors (Lipinski definition) is 4. The first-order valence-corrected chi connectivity index (χ1v) is 6.89. The van der Waals surface area contributed by atoms with E-state index in [2.05, 4.69) is 11.9 Å². The Kier molecular flexibility index (Phi) is 3.61. The van der Waals surface area contributed by atoms with E-state index in [9.17, 15) is 9.59 Å². The molecule has 0 spiro atoms. The van der Waals surface area contributed by atoms with E-state index in [0.29, 0.717) is 5.25 Å². The number of H-pyrrole nitrogens is 1. The van der Waals surface area contributed by atoms with E-state index < -0.39 is 5.56 Å². The number of nitrogens with zero attached hydrogens (tertiary/aromatic N) is 1. The monoisotopic (exact) mass is 255 g/mol. The van der Waals surface area contributed by atoms with Crippen LogP contribution in [0.2, 0.25) is 0 Å². The van der Waals surface area contributed by atoms with Crippen LogP contribution in [-0.4, -0.2) is 20.6 Å². The van der Waals surface area contributed by atoms with Crippen molar-refractivity contribution in [1.82, 2.24) is 9.55 Å². The van der Waals surface area contributed by atoms with Gasteiger partial charge in [-0.05, 0) is 25.0 Å². The fourth-order valence-corrected chi connectivity index (χ4v) is 3.57. The summed E-state index contributed by atoms with van der Waals surface area (Å²) in [6.07, 6.45) is 3.01. The van der Waals surface area contributed by atoms with Gasteiger partial charge in [0.15, 0.2) is 0 Å². The third-order valence-electron chi connectivity index (χ3n) is 3.13. The van der Waals surface area contributed by atoms with Crippen LogP contribution in [0.1, 0.15) is 32.2 Å². The highest BCUT2D eigenvalue weighted by Crippen LogP contribution is 2.36. The molecule has 0 aliphatic heterocycles. The molecule has 2 atom stereocenters. The molecule has 1 saturated carbocycles. The van der Waals surface area contributed by atoms with Crippen LogP contribution in [-0.2, 0) is 0 Å². The van der Waals surface area contributed by atoms with Gasteiger partial charge in [0, 0.05) is 17.4 Å². The zero-order valence-electron chi connectivity index (χ0n) is 9.81. The summed E-state index contributed by atoms with van der Waals surface area (Å²) in [4.78, 5) is 25.1. The number of nitrogen functional groups attached to an aromatic ring is 1. The van der Waals surface area contributed by atoms with Gasteiger partial charge in [-0.15, -0.1) is 0 Å². The topological polar surface area (TPSA) is 80.9 Å². The molecular weight excluding hydrogens is 238 g/mol. The van der Waals surface area contributed by atoms with Crippen molar-refractivity contribution in [3.8, 4) is 0 Å². The van der Waals surface area contributed by atoms with E-state index in [1.54, 1.807) is 0 Å². The molecule has 0 bridgehead atoms. The third kappa shape index (κ3) is 2.57. The van der Waals surface area contributed by atoms with Gasteiger partial charge in [-0.1, -0.05) is 6.92 Å². The van der Waals surface area contributed by atoms with Crippen molar-refractivity contribution >= 4 is 17.6 Å². The molecule has 1 aliphatic rings. The highest BCUT2D eigenvalue weighted by Gasteiger charge is 2.27. The maximum Gasteiger partial charge on any atom is 0.330 e. The molecule has 6 heteroatoms. The normalized spacial score (nSPS) is 24.1. The van der Waals surface area contributed by atoms with Gasteiger partial charge in [0.1, 0.15) is 5.82 Å². The summed E-state index contributed by atoms with van der Waals surface area (Å²) >= 11 is 1.92. The fraction of sp³-hybridized carbons (Fsp3) is 0.636. The van der Waals surface area contributed by atoms with Gasteiger partial charge >= 0.3 is 5.69 Å². The molecule has 0 saturated heterocycles. The first-order valence-electron chi connectivity index (χ1n) is 5.84. The molecule has 0 radical (unpaired) electrons. The van der Waals surface area contributed by atoms with Crippen LogP contribution in [0.5, 0.6) is 0 Å². The SMILES string of the molecule is CCSC1CCC(n2c(N)cc(=O)[nH]c2=O)C1. The first kappa shape index (κ1) is 12.3. The Bertz CT molecular complexity index is 508. The maximum absolute atomic E-state index is 11.7. The van der Waals surface area contributed by atoms with Crippen LogP contribution >= 0.6 is 11.8 Å². The van der Waals surface area contributed by atoms with E-state index in [1.165, 1.54) is 10.6 Å². The fourth-order valence-electron chi connectivity index (χ4n) is 2.44. The smallest absolute Gasteiger partial charge is 0.330 e. The highest BCUT2D eigenvalue weighted by atomic mass is 32.2. The molecule has 94 valence electrons. The molecular formula is C11H17N3O2S. The van der Waals surface area contributed by atoms with Crippen molar-refractivity contribution in [3.63, 3.8) is 0 Å². The zero-order valence-corrected chi connectivity index (χ0v) is 10.6. The molecule has 17 heavy (non-hydrogen) atoms. The molecule has 1 aromatic rings. The number of thioether (sulfide) groups is 1.